The standard InChI is InChI=1S/C16H9ClFNO2/c17-12-5-2-6-13-15(12)11(16(20)21)8-14(19-13)9-3-1-4-10(18)7-9/h1-8H,(H,20,21). The maximum absolute atomic E-state index is 13.3. The van der Waals surface area contributed by atoms with Crippen molar-refractivity contribution in [3.05, 3.63) is 64.9 Å². The highest BCUT2D eigenvalue weighted by atomic mass is 35.5. The van der Waals surface area contributed by atoms with Crippen molar-refractivity contribution in [1.82, 2.24) is 4.98 Å². The lowest BCUT2D eigenvalue weighted by Gasteiger charge is -2.08. The van der Waals surface area contributed by atoms with Crippen LogP contribution in [0.5, 0.6) is 0 Å². The van der Waals surface area contributed by atoms with Gasteiger partial charge in [0.05, 0.1) is 21.8 Å². The predicted octanol–water partition coefficient (Wildman–Crippen LogP) is 4.39. The summed E-state index contributed by atoms with van der Waals surface area (Å²) in [5, 5.41) is 10.1. The van der Waals surface area contributed by atoms with E-state index in [1.165, 1.54) is 18.2 Å². The first-order valence-corrected chi connectivity index (χ1v) is 6.52. The van der Waals surface area contributed by atoms with Crippen molar-refractivity contribution >= 4 is 28.5 Å². The van der Waals surface area contributed by atoms with Gasteiger partial charge in [-0.1, -0.05) is 29.8 Å². The first-order chi connectivity index (χ1) is 10.1. The van der Waals surface area contributed by atoms with Crippen LogP contribution >= 0.6 is 11.6 Å². The molecule has 0 amide bonds. The number of carboxylic acids is 1. The maximum atomic E-state index is 13.3. The Morgan fingerprint density at radius 1 is 1.14 bits per heavy atom. The smallest absolute Gasteiger partial charge is 0.336 e. The summed E-state index contributed by atoms with van der Waals surface area (Å²) in [4.78, 5) is 15.8. The number of halogens is 2. The number of carboxylic acid groups (broad SMARTS) is 1. The molecule has 0 aliphatic carbocycles. The third-order valence-electron chi connectivity index (χ3n) is 3.13. The minimum absolute atomic E-state index is 0.0462. The third kappa shape index (κ3) is 2.45. The van der Waals surface area contributed by atoms with E-state index < -0.39 is 11.8 Å². The number of benzene rings is 2. The van der Waals surface area contributed by atoms with Gasteiger partial charge in [-0.15, -0.1) is 0 Å². The second kappa shape index (κ2) is 5.14. The van der Waals surface area contributed by atoms with E-state index in [1.807, 2.05) is 0 Å². The average Bonchev–Trinajstić information content (AvgIpc) is 2.46. The summed E-state index contributed by atoms with van der Waals surface area (Å²) in [6.45, 7) is 0. The van der Waals surface area contributed by atoms with Crippen LogP contribution in [0.15, 0.2) is 48.5 Å². The molecule has 104 valence electrons. The third-order valence-corrected chi connectivity index (χ3v) is 3.45. The molecule has 0 saturated heterocycles. The minimum Gasteiger partial charge on any atom is -0.478 e. The summed E-state index contributed by atoms with van der Waals surface area (Å²) >= 11 is 6.07. The molecule has 0 radical (unpaired) electrons. The topological polar surface area (TPSA) is 50.2 Å². The molecule has 0 bridgehead atoms. The number of carbonyl (C=O) groups is 1. The summed E-state index contributed by atoms with van der Waals surface area (Å²) in [5.74, 6) is -1.51. The summed E-state index contributed by atoms with van der Waals surface area (Å²) < 4.78 is 13.3. The molecule has 0 aliphatic heterocycles. The maximum Gasteiger partial charge on any atom is 0.336 e. The van der Waals surface area contributed by atoms with Gasteiger partial charge < -0.3 is 5.11 Å². The van der Waals surface area contributed by atoms with Crippen molar-refractivity contribution in [1.29, 1.82) is 0 Å². The zero-order chi connectivity index (χ0) is 15.0. The van der Waals surface area contributed by atoms with Crippen LogP contribution in [0.2, 0.25) is 5.02 Å². The summed E-state index contributed by atoms with van der Waals surface area (Å²) in [7, 11) is 0. The van der Waals surface area contributed by atoms with Crippen molar-refractivity contribution in [3.8, 4) is 11.3 Å². The number of rotatable bonds is 2. The molecule has 2 aromatic carbocycles. The Labute approximate surface area is 124 Å². The fourth-order valence-electron chi connectivity index (χ4n) is 2.21. The number of hydrogen-bond donors (Lipinski definition) is 1. The molecule has 3 aromatic rings. The first-order valence-electron chi connectivity index (χ1n) is 6.15. The Hall–Kier alpha value is -2.46. The molecule has 21 heavy (non-hydrogen) atoms. The van der Waals surface area contributed by atoms with Gasteiger partial charge in [0.15, 0.2) is 0 Å². The average molecular weight is 302 g/mol. The summed E-state index contributed by atoms with van der Waals surface area (Å²) in [5.41, 5.74) is 1.41. The van der Waals surface area contributed by atoms with Gasteiger partial charge in [-0.2, -0.15) is 0 Å². The summed E-state index contributed by atoms with van der Waals surface area (Å²) in [6.07, 6.45) is 0. The second-order valence-corrected chi connectivity index (χ2v) is 4.91. The minimum atomic E-state index is -1.10. The van der Waals surface area contributed by atoms with E-state index in [0.29, 0.717) is 27.2 Å². The van der Waals surface area contributed by atoms with Gasteiger partial charge in [0, 0.05) is 10.9 Å². The first kappa shape index (κ1) is 13.5. The van der Waals surface area contributed by atoms with E-state index >= 15 is 0 Å². The van der Waals surface area contributed by atoms with E-state index in [9.17, 15) is 14.3 Å². The number of hydrogen-bond acceptors (Lipinski definition) is 2. The molecule has 1 N–H and O–H groups in total. The Morgan fingerprint density at radius 3 is 2.62 bits per heavy atom. The Morgan fingerprint density at radius 2 is 1.90 bits per heavy atom. The molecule has 0 fully saturated rings. The van der Waals surface area contributed by atoms with Crippen molar-refractivity contribution in [2.24, 2.45) is 0 Å². The van der Waals surface area contributed by atoms with E-state index in [4.69, 9.17) is 11.6 Å². The normalized spacial score (nSPS) is 10.8. The lowest BCUT2D eigenvalue weighted by atomic mass is 10.0. The monoisotopic (exact) mass is 301 g/mol. The van der Waals surface area contributed by atoms with Gasteiger partial charge >= 0.3 is 5.97 Å². The molecular formula is C16H9ClFNO2. The number of pyridine rings is 1. The van der Waals surface area contributed by atoms with Crippen molar-refractivity contribution < 1.29 is 14.3 Å². The Bertz CT molecular complexity index is 864. The van der Waals surface area contributed by atoms with Crippen LogP contribution in [0.25, 0.3) is 22.2 Å². The van der Waals surface area contributed by atoms with Crippen LogP contribution in [0.1, 0.15) is 10.4 Å². The quantitative estimate of drug-likeness (QED) is 0.763. The molecule has 0 unspecified atom stereocenters. The van der Waals surface area contributed by atoms with Crippen LogP contribution in [-0.4, -0.2) is 16.1 Å². The number of nitrogens with zero attached hydrogens (tertiary/aromatic N) is 1. The molecule has 0 saturated carbocycles. The zero-order valence-electron chi connectivity index (χ0n) is 10.7. The van der Waals surface area contributed by atoms with Gasteiger partial charge in [-0.05, 0) is 30.3 Å². The van der Waals surface area contributed by atoms with E-state index in [0.717, 1.165) is 0 Å². The van der Waals surface area contributed by atoms with Crippen molar-refractivity contribution in [2.45, 2.75) is 0 Å². The second-order valence-electron chi connectivity index (χ2n) is 4.50. The highest BCUT2D eigenvalue weighted by molar-refractivity contribution is 6.36. The molecule has 1 aromatic heterocycles. The van der Waals surface area contributed by atoms with E-state index in [1.54, 1.807) is 30.3 Å². The number of aromatic nitrogens is 1. The lowest BCUT2D eigenvalue weighted by Crippen LogP contribution is -2.01. The van der Waals surface area contributed by atoms with Gasteiger partial charge in [0.25, 0.3) is 0 Å². The predicted molar refractivity (Wildman–Crippen MR) is 79.1 cm³/mol. The Balaban J connectivity index is 2.34. The fraction of sp³-hybridized carbons (Fsp3) is 0. The van der Waals surface area contributed by atoms with Gasteiger partial charge in [-0.3, -0.25) is 0 Å². The van der Waals surface area contributed by atoms with Crippen molar-refractivity contribution in [2.75, 3.05) is 0 Å². The van der Waals surface area contributed by atoms with Gasteiger partial charge in [-0.25, -0.2) is 14.2 Å². The number of fused-ring (bicyclic) bond motifs is 1. The number of aromatic carboxylic acids is 1. The molecule has 3 nitrogen and oxygen atoms in total. The molecule has 0 spiro atoms. The van der Waals surface area contributed by atoms with Crippen LogP contribution < -0.4 is 0 Å². The van der Waals surface area contributed by atoms with Gasteiger partial charge in [0.1, 0.15) is 5.82 Å². The largest absolute Gasteiger partial charge is 0.478 e. The fourth-order valence-corrected chi connectivity index (χ4v) is 2.48. The molecule has 1 heterocycles. The highest BCUT2D eigenvalue weighted by Gasteiger charge is 2.15. The molecule has 0 atom stereocenters. The van der Waals surface area contributed by atoms with E-state index in [-0.39, 0.29) is 5.56 Å². The van der Waals surface area contributed by atoms with Gasteiger partial charge in [0.2, 0.25) is 0 Å². The molecule has 0 aliphatic rings. The van der Waals surface area contributed by atoms with E-state index in [2.05, 4.69) is 4.98 Å². The van der Waals surface area contributed by atoms with Crippen molar-refractivity contribution in [3.63, 3.8) is 0 Å². The molecular weight excluding hydrogens is 293 g/mol. The highest BCUT2D eigenvalue weighted by Crippen LogP contribution is 2.30. The summed E-state index contributed by atoms with van der Waals surface area (Å²) in [6, 6.07) is 12.2. The van der Waals surface area contributed by atoms with Crippen LogP contribution in [0.3, 0.4) is 0 Å². The molecule has 3 rings (SSSR count). The van der Waals surface area contributed by atoms with Crippen LogP contribution in [0.4, 0.5) is 4.39 Å². The van der Waals surface area contributed by atoms with Crippen LogP contribution in [-0.2, 0) is 0 Å². The lowest BCUT2D eigenvalue weighted by molar-refractivity contribution is 0.0699. The zero-order valence-corrected chi connectivity index (χ0v) is 11.4. The Kier molecular flexibility index (Phi) is 3.31. The van der Waals surface area contributed by atoms with Crippen LogP contribution in [0, 0.1) is 5.82 Å². The molecule has 5 heteroatoms. The SMILES string of the molecule is O=C(O)c1cc(-c2cccc(F)c2)nc2cccc(Cl)c12.